The number of hydrogen-bond donors (Lipinski definition) is 0. The molecule has 0 N–H and O–H groups in total. The number of nitrogens with zero attached hydrogens (tertiary/aromatic N) is 2. The molecule has 97 valence electrons. The largest absolute Gasteiger partial charge is 0.334 e. The second kappa shape index (κ2) is 6.01. The molecule has 0 unspecified atom stereocenters. The maximum atomic E-state index is 4.52. The fourth-order valence-corrected chi connectivity index (χ4v) is 2.40. The third-order valence-electron chi connectivity index (χ3n) is 3.40. The summed E-state index contributed by atoms with van der Waals surface area (Å²) in [5, 5.41) is 4.35. The van der Waals surface area contributed by atoms with Gasteiger partial charge in [-0.25, -0.2) is 0 Å². The number of rotatable bonds is 1. The van der Waals surface area contributed by atoms with Crippen molar-refractivity contribution in [2.45, 2.75) is 0 Å². The van der Waals surface area contributed by atoms with Gasteiger partial charge in [0.15, 0.2) is 0 Å². The second-order valence-electron chi connectivity index (χ2n) is 4.63. The van der Waals surface area contributed by atoms with Crippen LogP contribution in [0, 0.1) is 12.1 Å². The predicted octanol–water partition coefficient (Wildman–Crippen LogP) is 4.05. The molecule has 21 heavy (non-hydrogen) atoms. The van der Waals surface area contributed by atoms with Crippen LogP contribution in [0.25, 0.3) is 32.8 Å². The Bertz CT molecular complexity index is 913. The quantitative estimate of drug-likeness (QED) is 0.488. The molecule has 2 aromatic heterocycles. The van der Waals surface area contributed by atoms with Crippen molar-refractivity contribution >= 4 is 21.5 Å². The summed E-state index contributed by atoms with van der Waals surface area (Å²) in [5.41, 5.74) is 1.79. The van der Waals surface area contributed by atoms with E-state index in [-0.39, 0.29) is 32.7 Å². The maximum Gasteiger partial charge on any atom is 0.0173 e. The third kappa shape index (κ3) is 2.62. The average molecular weight is 343 g/mol. The fraction of sp³-hybridized carbons (Fsp3) is 0. The minimum absolute atomic E-state index is 0. The zero-order valence-electron chi connectivity index (χ0n) is 11.2. The molecule has 0 atom stereocenters. The van der Waals surface area contributed by atoms with Gasteiger partial charge < -0.3 is 4.98 Å². The SMILES string of the molecule is [Y].[c-]1ccc2cnccc2c1-c1[c-]c2ccccc2cn1. The minimum Gasteiger partial charge on any atom is -0.334 e. The molecule has 0 spiro atoms. The number of benzene rings is 2. The van der Waals surface area contributed by atoms with Gasteiger partial charge in [0.1, 0.15) is 0 Å². The third-order valence-corrected chi connectivity index (χ3v) is 3.40. The Morgan fingerprint density at radius 3 is 2.76 bits per heavy atom. The summed E-state index contributed by atoms with van der Waals surface area (Å²) in [6, 6.07) is 20.7. The van der Waals surface area contributed by atoms with Crippen LogP contribution < -0.4 is 0 Å². The minimum atomic E-state index is 0. The van der Waals surface area contributed by atoms with E-state index in [4.69, 9.17) is 0 Å². The van der Waals surface area contributed by atoms with Crippen LogP contribution in [0.15, 0.2) is 61.1 Å². The first-order valence-corrected chi connectivity index (χ1v) is 6.44. The zero-order valence-corrected chi connectivity index (χ0v) is 14.1. The van der Waals surface area contributed by atoms with Gasteiger partial charge in [-0.05, 0) is 6.20 Å². The van der Waals surface area contributed by atoms with Gasteiger partial charge in [-0.2, -0.15) is 23.8 Å². The van der Waals surface area contributed by atoms with Gasteiger partial charge >= 0.3 is 0 Å². The monoisotopic (exact) mass is 343 g/mol. The second-order valence-corrected chi connectivity index (χ2v) is 4.63. The molecule has 4 rings (SSSR count). The van der Waals surface area contributed by atoms with Crippen molar-refractivity contribution in [2.75, 3.05) is 0 Å². The molecule has 2 heterocycles. The Morgan fingerprint density at radius 1 is 0.905 bits per heavy atom. The Morgan fingerprint density at radius 2 is 1.81 bits per heavy atom. The fourth-order valence-electron chi connectivity index (χ4n) is 2.40. The van der Waals surface area contributed by atoms with Crippen LogP contribution in [0.1, 0.15) is 0 Å². The van der Waals surface area contributed by atoms with Crippen molar-refractivity contribution in [3.8, 4) is 11.3 Å². The molecule has 0 aliphatic rings. The van der Waals surface area contributed by atoms with E-state index in [0.717, 1.165) is 32.8 Å². The van der Waals surface area contributed by atoms with E-state index in [1.807, 2.05) is 54.9 Å². The molecule has 1 radical (unpaired) electrons. The van der Waals surface area contributed by atoms with Gasteiger partial charge in [-0.3, -0.25) is 4.98 Å². The van der Waals surface area contributed by atoms with E-state index >= 15 is 0 Å². The normalized spacial score (nSPS) is 10.5. The molecule has 0 aliphatic heterocycles. The molecule has 2 nitrogen and oxygen atoms in total. The summed E-state index contributed by atoms with van der Waals surface area (Å²) in [6.07, 6.45) is 5.53. The van der Waals surface area contributed by atoms with Crippen molar-refractivity contribution in [3.05, 3.63) is 73.2 Å². The topological polar surface area (TPSA) is 25.8 Å². The van der Waals surface area contributed by atoms with Crippen LogP contribution in [-0.2, 0) is 32.7 Å². The van der Waals surface area contributed by atoms with Crippen molar-refractivity contribution < 1.29 is 32.7 Å². The first-order chi connectivity index (χ1) is 9.92. The van der Waals surface area contributed by atoms with Crippen LogP contribution in [0.2, 0.25) is 0 Å². The molecule has 0 bridgehead atoms. The summed E-state index contributed by atoms with van der Waals surface area (Å²) in [6.45, 7) is 0. The molecule has 4 aromatic rings. The molecule has 0 saturated carbocycles. The molecule has 3 heteroatoms. The van der Waals surface area contributed by atoms with Gasteiger partial charge in [-0.1, -0.05) is 34.7 Å². The van der Waals surface area contributed by atoms with E-state index in [9.17, 15) is 0 Å². The van der Waals surface area contributed by atoms with Crippen LogP contribution in [0.5, 0.6) is 0 Å². The molecule has 0 aliphatic carbocycles. The Labute approximate surface area is 148 Å². The van der Waals surface area contributed by atoms with Crippen LogP contribution >= 0.6 is 0 Å². The van der Waals surface area contributed by atoms with E-state index < -0.39 is 0 Å². The summed E-state index contributed by atoms with van der Waals surface area (Å²) < 4.78 is 0. The van der Waals surface area contributed by atoms with Gasteiger partial charge in [-0.15, -0.1) is 29.0 Å². The van der Waals surface area contributed by atoms with E-state index in [2.05, 4.69) is 22.1 Å². The van der Waals surface area contributed by atoms with Crippen LogP contribution in [0.3, 0.4) is 0 Å². The van der Waals surface area contributed by atoms with E-state index in [1.54, 1.807) is 6.20 Å². The van der Waals surface area contributed by atoms with Crippen molar-refractivity contribution in [1.82, 2.24) is 9.97 Å². The number of fused-ring (bicyclic) bond motifs is 2. The van der Waals surface area contributed by atoms with Gasteiger partial charge in [0.2, 0.25) is 0 Å². The van der Waals surface area contributed by atoms with Crippen molar-refractivity contribution in [2.24, 2.45) is 0 Å². The van der Waals surface area contributed by atoms with Crippen LogP contribution in [0.4, 0.5) is 0 Å². The summed E-state index contributed by atoms with van der Waals surface area (Å²) >= 11 is 0. The van der Waals surface area contributed by atoms with Gasteiger partial charge in [0.25, 0.3) is 0 Å². The Balaban J connectivity index is 0.00000132. The maximum absolute atomic E-state index is 4.52. The zero-order chi connectivity index (χ0) is 13.4. The molecule has 0 saturated heterocycles. The first kappa shape index (κ1) is 14.3. The van der Waals surface area contributed by atoms with Crippen LogP contribution in [-0.4, -0.2) is 9.97 Å². The molecule has 2 aromatic carbocycles. The summed E-state index contributed by atoms with van der Waals surface area (Å²) in [7, 11) is 0. The molecular formula is C18H10N2Y-2. The standard InChI is InChI=1S/C18H10N2.Y/c1-2-5-14-12-20-18(10-13(14)4-1)17-7-3-6-15-11-19-9-8-16(15)17;/h1-6,8-9,11-12H;/q-2;. The molecule has 0 fully saturated rings. The van der Waals surface area contributed by atoms with Gasteiger partial charge in [0.05, 0.1) is 0 Å². The predicted molar refractivity (Wildman–Crippen MR) is 80.2 cm³/mol. The Hall–Kier alpha value is -1.64. The van der Waals surface area contributed by atoms with E-state index in [1.165, 1.54) is 0 Å². The Kier molecular flexibility index (Phi) is 4.09. The molecule has 0 amide bonds. The summed E-state index contributed by atoms with van der Waals surface area (Å²) in [4.78, 5) is 8.67. The first-order valence-electron chi connectivity index (χ1n) is 6.44. The number of aromatic nitrogens is 2. The smallest absolute Gasteiger partial charge is 0.0173 e. The number of hydrogen-bond acceptors (Lipinski definition) is 2. The number of pyridine rings is 2. The van der Waals surface area contributed by atoms with Crippen molar-refractivity contribution in [1.29, 1.82) is 0 Å². The molecular weight excluding hydrogens is 333 g/mol. The summed E-state index contributed by atoms with van der Waals surface area (Å²) in [5.74, 6) is 0. The van der Waals surface area contributed by atoms with Crippen molar-refractivity contribution in [3.63, 3.8) is 0 Å². The average Bonchev–Trinajstić information content (AvgIpc) is 2.54. The van der Waals surface area contributed by atoms with E-state index in [0.29, 0.717) is 0 Å². The van der Waals surface area contributed by atoms with Gasteiger partial charge in [0, 0.05) is 45.1 Å².